The quantitative estimate of drug-likeness (QED) is 0.823. The summed E-state index contributed by atoms with van der Waals surface area (Å²) >= 11 is 0. The number of hydrogen-bond acceptors (Lipinski definition) is 2. The molecule has 1 fully saturated rings. The molecule has 0 spiro atoms. The molecule has 0 aromatic heterocycles. The first-order chi connectivity index (χ1) is 8.90. The minimum Gasteiger partial charge on any atom is -0.480 e. The molecule has 0 aliphatic carbocycles. The van der Waals surface area contributed by atoms with Crippen molar-refractivity contribution < 1.29 is 14.7 Å². The minimum atomic E-state index is -0.953. The molecule has 0 saturated carbocycles. The van der Waals surface area contributed by atoms with E-state index in [-0.39, 0.29) is 11.9 Å². The van der Waals surface area contributed by atoms with Gasteiger partial charge in [-0.3, -0.25) is 0 Å². The predicted molar refractivity (Wildman–Crippen MR) is 74.0 cm³/mol. The zero-order valence-corrected chi connectivity index (χ0v) is 12.2. The van der Waals surface area contributed by atoms with Crippen LogP contribution in [0.25, 0.3) is 0 Å². The van der Waals surface area contributed by atoms with E-state index in [2.05, 4.69) is 12.2 Å². The average molecular weight is 270 g/mol. The first kappa shape index (κ1) is 15.8. The van der Waals surface area contributed by atoms with Gasteiger partial charge >= 0.3 is 12.0 Å². The van der Waals surface area contributed by atoms with Gasteiger partial charge in [0, 0.05) is 13.1 Å². The number of aliphatic carboxylic acids is 1. The van der Waals surface area contributed by atoms with Gasteiger partial charge in [0.1, 0.15) is 6.04 Å². The van der Waals surface area contributed by atoms with Crippen LogP contribution in [-0.2, 0) is 4.79 Å². The molecule has 1 aliphatic heterocycles. The standard InChI is InChI=1S/C14H26N2O3/c1-10(2)9-12(13(17)18)15-14(19)16-7-4-5-11(3)6-8-16/h10-12H,4-9H2,1-3H3,(H,15,19)(H,17,18)/t11?,12-/m0/s1. The number of carboxylic acids is 1. The van der Waals surface area contributed by atoms with Crippen molar-refractivity contribution in [2.24, 2.45) is 11.8 Å². The number of carbonyl (C=O) groups excluding carboxylic acids is 1. The van der Waals surface area contributed by atoms with Crippen LogP contribution in [0, 0.1) is 11.8 Å². The Morgan fingerprint density at radius 2 is 2.00 bits per heavy atom. The summed E-state index contributed by atoms with van der Waals surface area (Å²) in [6.07, 6.45) is 3.59. The fraction of sp³-hybridized carbons (Fsp3) is 0.857. The molecule has 1 rings (SSSR count). The van der Waals surface area contributed by atoms with E-state index in [0.717, 1.165) is 32.4 Å². The first-order valence-electron chi connectivity index (χ1n) is 7.18. The largest absolute Gasteiger partial charge is 0.480 e. The smallest absolute Gasteiger partial charge is 0.326 e. The number of rotatable bonds is 4. The van der Waals surface area contributed by atoms with Crippen molar-refractivity contribution >= 4 is 12.0 Å². The van der Waals surface area contributed by atoms with Crippen molar-refractivity contribution in [2.45, 2.75) is 52.5 Å². The molecule has 0 aromatic carbocycles. The average Bonchev–Trinajstić information content (AvgIpc) is 2.52. The molecule has 2 amide bonds. The van der Waals surface area contributed by atoms with E-state index in [1.54, 1.807) is 4.90 Å². The summed E-state index contributed by atoms with van der Waals surface area (Å²) in [5, 5.41) is 11.8. The number of nitrogens with zero attached hydrogens (tertiary/aromatic N) is 1. The second kappa shape index (κ2) is 7.36. The van der Waals surface area contributed by atoms with E-state index < -0.39 is 12.0 Å². The summed E-state index contributed by atoms with van der Waals surface area (Å²) in [7, 11) is 0. The van der Waals surface area contributed by atoms with Crippen LogP contribution in [0.15, 0.2) is 0 Å². The molecule has 5 nitrogen and oxygen atoms in total. The third kappa shape index (κ3) is 5.49. The van der Waals surface area contributed by atoms with Crippen molar-refractivity contribution in [1.82, 2.24) is 10.2 Å². The van der Waals surface area contributed by atoms with Gasteiger partial charge in [0.05, 0.1) is 0 Å². The zero-order chi connectivity index (χ0) is 14.4. The Hall–Kier alpha value is -1.26. The molecule has 1 aliphatic rings. The van der Waals surface area contributed by atoms with Crippen LogP contribution in [0.3, 0.4) is 0 Å². The van der Waals surface area contributed by atoms with Crippen molar-refractivity contribution in [2.75, 3.05) is 13.1 Å². The maximum absolute atomic E-state index is 12.1. The van der Waals surface area contributed by atoms with Crippen molar-refractivity contribution in [1.29, 1.82) is 0 Å². The highest BCUT2D eigenvalue weighted by Crippen LogP contribution is 2.16. The number of likely N-dealkylation sites (tertiary alicyclic amines) is 1. The predicted octanol–water partition coefficient (Wildman–Crippen LogP) is 2.32. The van der Waals surface area contributed by atoms with E-state index in [4.69, 9.17) is 5.11 Å². The lowest BCUT2D eigenvalue weighted by atomic mass is 10.0. The summed E-state index contributed by atoms with van der Waals surface area (Å²) < 4.78 is 0. The summed E-state index contributed by atoms with van der Waals surface area (Å²) in [5.41, 5.74) is 0. The van der Waals surface area contributed by atoms with E-state index in [1.807, 2.05) is 13.8 Å². The Kier molecular flexibility index (Phi) is 6.12. The third-order valence-electron chi connectivity index (χ3n) is 3.61. The molecule has 0 bridgehead atoms. The number of nitrogens with one attached hydrogen (secondary N) is 1. The molecule has 1 unspecified atom stereocenters. The van der Waals surface area contributed by atoms with Crippen LogP contribution < -0.4 is 5.32 Å². The van der Waals surface area contributed by atoms with Gasteiger partial charge in [-0.1, -0.05) is 20.8 Å². The number of carbonyl (C=O) groups is 2. The molecule has 1 heterocycles. The molecule has 5 heteroatoms. The lowest BCUT2D eigenvalue weighted by Gasteiger charge is -2.24. The van der Waals surface area contributed by atoms with Crippen LogP contribution in [0.5, 0.6) is 0 Å². The van der Waals surface area contributed by atoms with Gasteiger partial charge in [0.2, 0.25) is 0 Å². The van der Waals surface area contributed by atoms with E-state index in [9.17, 15) is 9.59 Å². The lowest BCUT2D eigenvalue weighted by Crippen LogP contribution is -2.48. The molecule has 2 N–H and O–H groups in total. The summed E-state index contributed by atoms with van der Waals surface area (Å²) in [6, 6.07) is -1.02. The number of carboxylic acid groups (broad SMARTS) is 1. The Morgan fingerprint density at radius 3 is 2.58 bits per heavy atom. The zero-order valence-electron chi connectivity index (χ0n) is 12.2. The highest BCUT2D eigenvalue weighted by Gasteiger charge is 2.25. The van der Waals surface area contributed by atoms with Gasteiger partial charge in [-0.15, -0.1) is 0 Å². The number of amides is 2. The fourth-order valence-corrected chi connectivity index (χ4v) is 2.40. The topological polar surface area (TPSA) is 69.6 Å². The molecule has 1 saturated heterocycles. The molecular weight excluding hydrogens is 244 g/mol. The van der Waals surface area contributed by atoms with Gasteiger partial charge < -0.3 is 15.3 Å². The van der Waals surface area contributed by atoms with Crippen molar-refractivity contribution in [3.63, 3.8) is 0 Å². The SMILES string of the molecule is CC(C)C[C@H](NC(=O)N1CCCC(C)CC1)C(=O)O. The fourth-order valence-electron chi connectivity index (χ4n) is 2.40. The van der Waals surface area contributed by atoms with Crippen molar-refractivity contribution in [3.05, 3.63) is 0 Å². The van der Waals surface area contributed by atoms with Gasteiger partial charge in [-0.2, -0.15) is 0 Å². The van der Waals surface area contributed by atoms with Crippen LogP contribution >= 0.6 is 0 Å². The van der Waals surface area contributed by atoms with Crippen molar-refractivity contribution in [3.8, 4) is 0 Å². The Morgan fingerprint density at radius 1 is 1.32 bits per heavy atom. The minimum absolute atomic E-state index is 0.234. The third-order valence-corrected chi connectivity index (χ3v) is 3.61. The molecular formula is C14H26N2O3. The Labute approximate surface area is 115 Å². The molecule has 0 radical (unpaired) electrons. The van der Waals surface area contributed by atoms with Gasteiger partial charge in [-0.25, -0.2) is 9.59 Å². The first-order valence-corrected chi connectivity index (χ1v) is 7.18. The van der Waals surface area contributed by atoms with Crippen LogP contribution in [0.4, 0.5) is 4.79 Å². The summed E-state index contributed by atoms with van der Waals surface area (Å²) in [5.74, 6) is -0.0699. The highest BCUT2D eigenvalue weighted by molar-refractivity contribution is 5.82. The lowest BCUT2D eigenvalue weighted by molar-refractivity contribution is -0.139. The second-order valence-electron chi connectivity index (χ2n) is 5.99. The van der Waals surface area contributed by atoms with E-state index in [1.165, 1.54) is 0 Å². The maximum Gasteiger partial charge on any atom is 0.326 e. The molecule has 2 atom stereocenters. The highest BCUT2D eigenvalue weighted by atomic mass is 16.4. The van der Waals surface area contributed by atoms with Crippen LogP contribution in [-0.4, -0.2) is 41.1 Å². The Balaban J connectivity index is 2.53. The Bertz CT molecular complexity index is 318. The molecule has 19 heavy (non-hydrogen) atoms. The van der Waals surface area contributed by atoms with E-state index >= 15 is 0 Å². The number of hydrogen-bond donors (Lipinski definition) is 2. The van der Waals surface area contributed by atoms with Gasteiger partial charge in [0.15, 0.2) is 0 Å². The van der Waals surface area contributed by atoms with Crippen LogP contribution in [0.1, 0.15) is 46.5 Å². The molecule has 0 aromatic rings. The van der Waals surface area contributed by atoms with Gasteiger partial charge in [0.25, 0.3) is 0 Å². The normalized spacial score (nSPS) is 21.9. The monoisotopic (exact) mass is 270 g/mol. The summed E-state index contributed by atoms with van der Waals surface area (Å²) in [4.78, 5) is 25.0. The molecule has 110 valence electrons. The van der Waals surface area contributed by atoms with Gasteiger partial charge in [-0.05, 0) is 37.5 Å². The maximum atomic E-state index is 12.1. The summed E-state index contributed by atoms with van der Waals surface area (Å²) in [6.45, 7) is 7.55. The number of urea groups is 1. The van der Waals surface area contributed by atoms with E-state index in [0.29, 0.717) is 12.3 Å². The van der Waals surface area contributed by atoms with Crippen LogP contribution in [0.2, 0.25) is 0 Å². The second-order valence-corrected chi connectivity index (χ2v) is 5.99.